The molecule has 1 aromatic carbocycles. The Hall–Kier alpha value is -2.50. The van der Waals surface area contributed by atoms with Gasteiger partial charge in [0.25, 0.3) is 5.91 Å². The Labute approximate surface area is 154 Å². The lowest BCUT2D eigenvalue weighted by Gasteiger charge is -2.33. The number of unbranched alkanes of at least 4 members (excludes halogenated alkanes) is 1. The minimum atomic E-state index is -0.137. The van der Waals surface area contributed by atoms with Crippen LogP contribution in [0.15, 0.2) is 30.6 Å². The fraction of sp³-hybridized carbons (Fsp3) is 0.500. The molecule has 1 atom stereocenters. The van der Waals surface area contributed by atoms with E-state index in [-0.39, 0.29) is 17.6 Å². The van der Waals surface area contributed by atoms with Crippen molar-refractivity contribution >= 4 is 5.91 Å². The van der Waals surface area contributed by atoms with E-state index in [1.165, 1.54) is 13.2 Å². The molecule has 1 aromatic heterocycles. The molecule has 1 aliphatic heterocycles. The standard InChI is InChI=1S/C20H27N3O3/c1-3-4-10-22-12-9-21-19(22)15-6-5-11-23(14-15)20(25)17-8-7-16(26-2)13-18(17)24/h7-9,12-13,15,24H,3-6,10-11,14H2,1-2H3. The fourth-order valence-electron chi connectivity index (χ4n) is 3.56. The predicted molar refractivity (Wildman–Crippen MR) is 99.7 cm³/mol. The summed E-state index contributed by atoms with van der Waals surface area (Å²) in [6.07, 6.45) is 8.11. The number of benzene rings is 1. The van der Waals surface area contributed by atoms with Crippen molar-refractivity contribution in [3.8, 4) is 11.5 Å². The molecule has 0 spiro atoms. The van der Waals surface area contributed by atoms with Gasteiger partial charge in [-0.25, -0.2) is 4.98 Å². The number of nitrogens with zero attached hydrogens (tertiary/aromatic N) is 3. The first kappa shape index (κ1) is 18.3. The molecular formula is C20H27N3O3. The molecule has 0 radical (unpaired) electrons. The molecule has 1 fully saturated rings. The second kappa shape index (κ2) is 8.25. The summed E-state index contributed by atoms with van der Waals surface area (Å²) in [5.74, 6) is 1.66. The van der Waals surface area contributed by atoms with Crippen LogP contribution in [-0.4, -0.2) is 45.7 Å². The molecule has 6 nitrogen and oxygen atoms in total. The van der Waals surface area contributed by atoms with E-state index in [9.17, 15) is 9.90 Å². The van der Waals surface area contributed by atoms with E-state index in [2.05, 4.69) is 16.5 Å². The van der Waals surface area contributed by atoms with E-state index in [1.807, 2.05) is 17.3 Å². The highest BCUT2D eigenvalue weighted by Gasteiger charge is 2.29. The first-order chi connectivity index (χ1) is 12.6. The summed E-state index contributed by atoms with van der Waals surface area (Å²) in [7, 11) is 1.53. The minimum Gasteiger partial charge on any atom is -0.507 e. The zero-order chi connectivity index (χ0) is 18.5. The average Bonchev–Trinajstić information content (AvgIpc) is 3.14. The lowest BCUT2D eigenvalue weighted by Crippen LogP contribution is -2.39. The number of phenols is 1. The van der Waals surface area contributed by atoms with Crippen LogP contribution in [0.5, 0.6) is 11.5 Å². The Bertz CT molecular complexity index is 757. The van der Waals surface area contributed by atoms with Gasteiger partial charge in [0.15, 0.2) is 0 Å². The molecule has 0 aliphatic carbocycles. The van der Waals surface area contributed by atoms with E-state index in [0.29, 0.717) is 24.4 Å². The Kier molecular flexibility index (Phi) is 5.81. The Balaban J connectivity index is 1.74. The first-order valence-electron chi connectivity index (χ1n) is 9.31. The number of piperidine rings is 1. The van der Waals surface area contributed by atoms with Crippen molar-refractivity contribution in [2.45, 2.75) is 45.1 Å². The summed E-state index contributed by atoms with van der Waals surface area (Å²) < 4.78 is 7.31. The van der Waals surface area contributed by atoms with Crippen LogP contribution in [0, 0.1) is 0 Å². The molecule has 0 saturated carbocycles. The monoisotopic (exact) mass is 357 g/mol. The van der Waals surface area contributed by atoms with Gasteiger partial charge in [-0.3, -0.25) is 4.79 Å². The van der Waals surface area contributed by atoms with Crippen LogP contribution >= 0.6 is 0 Å². The van der Waals surface area contributed by atoms with Crippen molar-refractivity contribution in [3.63, 3.8) is 0 Å². The summed E-state index contributed by atoms with van der Waals surface area (Å²) in [5, 5.41) is 10.2. The highest BCUT2D eigenvalue weighted by molar-refractivity contribution is 5.97. The maximum Gasteiger partial charge on any atom is 0.257 e. The normalized spacial score (nSPS) is 17.3. The van der Waals surface area contributed by atoms with Gasteiger partial charge in [0, 0.05) is 44.0 Å². The van der Waals surface area contributed by atoms with Crippen molar-refractivity contribution in [1.82, 2.24) is 14.5 Å². The van der Waals surface area contributed by atoms with Gasteiger partial charge in [-0.05, 0) is 31.4 Å². The van der Waals surface area contributed by atoms with Crippen molar-refractivity contribution in [1.29, 1.82) is 0 Å². The van der Waals surface area contributed by atoms with E-state index in [0.717, 1.165) is 38.1 Å². The second-order valence-corrected chi connectivity index (χ2v) is 6.81. The number of hydrogen-bond acceptors (Lipinski definition) is 4. The smallest absolute Gasteiger partial charge is 0.257 e. The zero-order valence-electron chi connectivity index (χ0n) is 15.5. The van der Waals surface area contributed by atoms with Crippen molar-refractivity contribution < 1.29 is 14.6 Å². The van der Waals surface area contributed by atoms with Crippen molar-refractivity contribution in [3.05, 3.63) is 42.0 Å². The predicted octanol–water partition coefficient (Wildman–Crippen LogP) is 3.42. The number of hydrogen-bond donors (Lipinski definition) is 1. The molecule has 6 heteroatoms. The van der Waals surface area contributed by atoms with Gasteiger partial charge in [-0.1, -0.05) is 13.3 Å². The summed E-state index contributed by atoms with van der Waals surface area (Å²) in [6.45, 7) is 4.48. The molecule has 26 heavy (non-hydrogen) atoms. The number of ether oxygens (including phenoxy) is 1. The fourth-order valence-corrected chi connectivity index (χ4v) is 3.56. The third-order valence-electron chi connectivity index (χ3n) is 5.01. The third-order valence-corrected chi connectivity index (χ3v) is 5.01. The van der Waals surface area contributed by atoms with Gasteiger partial charge in [-0.2, -0.15) is 0 Å². The van der Waals surface area contributed by atoms with Gasteiger partial charge in [-0.15, -0.1) is 0 Å². The number of aryl methyl sites for hydroxylation is 1. The minimum absolute atomic E-state index is 0.0408. The Morgan fingerprint density at radius 1 is 1.42 bits per heavy atom. The van der Waals surface area contributed by atoms with Gasteiger partial charge < -0.3 is 19.3 Å². The van der Waals surface area contributed by atoms with Crippen LogP contribution in [0.25, 0.3) is 0 Å². The van der Waals surface area contributed by atoms with Gasteiger partial charge >= 0.3 is 0 Å². The van der Waals surface area contributed by atoms with Crippen molar-refractivity contribution in [2.24, 2.45) is 0 Å². The van der Waals surface area contributed by atoms with Crippen LogP contribution in [-0.2, 0) is 6.54 Å². The SMILES string of the molecule is CCCCn1ccnc1C1CCCN(C(=O)c2ccc(OC)cc2O)C1. The number of methoxy groups -OCH3 is 1. The Morgan fingerprint density at radius 2 is 2.27 bits per heavy atom. The number of phenolic OH excluding ortho intramolecular Hbond substituents is 1. The number of likely N-dealkylation sites (tertiary alicyclic amines) is 1. The molecule has 2 heterocycles. The van der Waals surface area contributed by atoms with Crippen LogP contribution in [0.2, 0.25) is 0 Å². The molecule has 140 valence electrons. The summed E-state index contributed by atoms with van der Waals surface area (Å²) >= 11 is 0. The number of carbonyl (C=O) groups is 1. The number of amides is 1. The van der Waals surface area contributed by atoms with Gasteiger partial charge in [0.2, 0.25) is 0 Å². The first-order valence-corrected chi connectivity index (χ1v) is 9.31. The van der Waals surface area contributed by atoms with E-state index in [4.69, 9.17) is 4.74 Å². The van der Waals surface area contributed by atoms with E-state index >= 15 is 0 Å². The zero-order valence-corrected chi connectivity index (χ0v) is 15.5. The lowest BCUT2D eigenvalue weighted by molar-refractivity contribution is 0.0700. The second-order valence-electron chi connectivity index (χ2n) is 6.81. The van der Waals surface area contributed by atoms with E-state index < -0.39 is 0 Å². The quantitative estimate of drug-likeness (QED) is 0.860. The van der Waals surface area contributed by atoms with E-state index in [1.54, 1.807) is 12.1 Å². The van der Waals surface area contributed by atoms with Crippen LogP contribution in [0.1, 0.15) is 54.7 Å². The van der Waals surface area contributed by atoms with Crippen LogP contribution in [0.4, 0.5) is 0 Å². The molecule has 1 saturated heterocycles. The van der Waals surface area contributed by atoms with Gasteiger partial charge in [0.1, 0.15) is 17.3 Å². The summed E-state index contributed by atoms with van der Waals surface area (Å²) in [4.78, 5) is 19.3. The molecule has 1 N–H and O–H groups in total. The third kappa shape index (κ3) is 3.84. The lowest BCUT2D eigenvalue weighted by atomic mass is 9.96. The molecule has 1 unspecified atom stereocenters. The maximum atomic E-state index is 12.9. The van der Waals surface area contributed by atoms with Crippen LogP contribution < -0.4 is 4.74 Å². The molecule has 1 aliphatic rings. The number of aromatic nitrogens is 2. The number of rotatable bonds is 6. The highest BCUT2D eigenvalue weighted by Crippen LogP contribution is 2.30. The number of imidazole rings is 1. The maximum absolute atomic E-state index is 12.9. The molecule has 3 rings (SSSR count). The topological polar surface area (TPSA) is 67.6 Å². The summed E-state index contributed by atoms with van der Waals surface area (Å²) in [6, 6.07) is 4.81. The number of carbonyl (C=O) groups excluding carboxylic acids is 1. The molecule has 1 amide bonds. The molecule has 2 aromatic rings. The van der Waals surface area contributed by atoms with Crippen LogP contribution in [0.3, 0.4) is 0 Å². The molecular weight excluding hydrogens is 330 g/mol. The Morgan fingerprint density at radius 3 is 3.00 bits per heavy atom. The van der Waals surface area contributed by atoms with Crippen molar-refractivity contribution in [2.75, 3.05) is 20.2 Å². The number of aromatic hydroxyl groups is 1. The average molecular weight is 357 g/mol. The summed E-state index contributed by atoms with van der Waals surface area (Å²) in [5.41, 5.74) is 0.320. The molecule has 0 bridgehead atoms. The highest BCUT2D eigenvalue weighted by atomic mass is 16.5. The largest absolute Gasteiger partial charge is 0.507 e. The van der Waals surface area contributed by atoms with Gasteiger partial charge in [0.05, 0.1) is 12.7 Å².